The Morgan fingerprint density at radius 1 is 1.33 bits per heavy atom. The summed E-state index contributed by atoms with van der Waals surface area (Å²) in [7, 11) is 0. The maximum absolute atomic E-state index is 11.6. The summed E-state index contributed by atoms with van der Waals surface area (Å²) in [5, 5.41) is 11.8. The molecule has 0 fully saturated rings. The van der Waals surface area contributed by atoms with Gasteiger partial charge in [0.2, 0.25) is 5.91 Å². The third-order valence-electron chi connectivity index (χ3n) is 3.54. The summed E-state index contributed by atoms with van der Waals surface area (Å²) in [4.78, 5) is 20.9. The zero-order valence-electron chi connectivity index (χ0n) is 16.2. The summed E-state index contributed by atoms with van der Waals surface area (Å²) in [6.07, 6.45) is 1.74. The quantitative estimate of drug-likeness (QED) is 0.252. The number of carbonyl (C=O) groups excluding carboxylic acids is 1. The summed E-state index contributed by atoms with van der Waals surface area (Å²) in [5.41, 5.74) is 0.736. The third-order valence-corrected chi connectivity index (χ3v) is 4.61. The predicted molar refractivity (Wildman–Crippen MR) is 110 cm³/mol. The molecule has 8 nitrogen and oxygen atoms in total. The number of fused-ring (bicyclic) bond motifs is 1. The van der Waals surface area contributed by atoms with Crippen LogP contribution in [0.15, 0.2) is 11.4 Å². The van der Waals surface area contributed by atoms with Crippen LogP contribution in [0.2, 0.25) is 0 Å². The first-order chi connectivity index (χ1) is 12.9. The van der Waals surface area contributed by atoms with E-state index in [1.54, 1.807) is 29.6 Å². The number of anilines is 1. The Hall–Kier alpha value is -1.58. The van der Waals surface area contributed by atoms with E-state index in [0.29, 0.717) is 43.3 Å². The highest BCUT2D eigenvalue weighted by molar-refractivity contribution is 7.99. The second-order valence-electron chi connectivity index (χ2n) is 6.16. The molecule has 0 saturated carbocycles. The highest BCUT2D eigenvalue weighted by Crippen LogP contribution is 2.26. The Morgan fingerprint density at radius 2 is 2.11 bits per heavy atom. The van der Waals surface area contributed by atoms with Crippen LogP contribution in [0.5, 0.6) is 0 Å². The van der Waals surface area contributed by atoms with Gasteiger partial charge in [0, 0.05) is 24.9 Å². The number of nitrogens with one attached hydrogen (secondary N) is 2. The highest BCUT2D eigenvalue weighted by Gasteiger charge is 2.15. The van der Waals surface area contributed by atoms with Gasteiger partial charge in [-0.2, -0.15) is 5.10 Å². The van der Waals surface area contributed by atoms with Crippen LogP contribution in [0.25, 0.3) is 11.0 Å². The molecule has 10 heteroatoms. The molecule has 0 aliphatic heterocycles. The lowest BCUT2D eigenvalue weighted by Gasteiger charge is -2.11. The van der Waals surface area contributed by atoms with E-state index in [1.165, 1.54) is 0 Å². The largest absolute Gasteiger partial charge is 0.380 e. The van der Waals surface area contributed by atoms with E-state index >= 15 is 0 Å². The van der Waals surface area contributed by atoms with Crippen LogP contribution < -0.4 is 10.6 Å². The summed E-state index contributed by atoms with van der Waals surface area (Å²) < 4.78 is 7.15. The number of alkyl halides is 1. The van der Waals surface area contributed by atoms with Crippen molar-refractivity contribution in [3.05, 3.63) is 6.20 Å². The minimum atomic E-state index is -0.558. The molecule has 2 heterocycles. The fourth-order valence-corrected chi connectivity index (χ4v) is 3.09. The van der Waals surface area contributed by atoms with Crippen molar-refractivity contribution in [3.8, 4) is 0 Å². The number of halogens is 1. The lowest BCUT2D eigenvalue weighted by molar-refractivity contribution is -0.120. The van der Waals surface area contributed by atoms with Gasteiger partial charge < -0.3 is 15.4 Å². The topological polar surface area (TPSA) is 94.0 Å². The SMILES string of the molecule is CCOCCNc1nc(SC(C)C)nc2c1cnn2CCNC(=O)C(C)Cl. The number of hydrogen-bond donors (Lipinski definition) is 2. The van der Waals surface area contributed by atoms with E-state index < -0.39 is 5.38 Å². The van der Waals surface area contributed by atoms with Gasteiger partial charge in [-0.1, -0.05) is 25.6 Å². The third kappa shape index (κ3) is 6.51. The highest BCUT2D eigenvalue weighted by atomic mass is 35.5. The fraction of sp³-hybridized carbons (Fsp3) is 0.647. The number of aromatic nitrogens is 4. The maximum Gasteiger partial charge on any atom is 0.237 e. The number of carbonyl (C=O) groups is 1. The van der Waals surface area contributed by atoms with Gasteiger partial charge in [0.15, 0.2) is 10.8 Å². The molecule has 1 amide bonds. The number of rotatable bonds is 11. The first-order valence-electron chi connectivity index (χ1n) is 9.06. The van der Waals surface area contributed by atoms with Crippen molar-refractivity contribution < 1.29 is 9.53 Å². The minimum absolute atomic E-state index is 0.197. The Kier molecular flexibility index (Phi) is 8.59. The van der Waals surface area contributed by atoms with Gasteiger partial charge in [0.25, 0.3) is 0 Å². The molecule has 0 aromatic carbocycles. The van der Waals surface area contributed by atoms with Crippen molar-refractivity contribution in [2.45, 2.75) is 50.0 Å². The molecule has 0 bridgehead atoms. The van der Waals surface area contributed by atoms with Crippen LogP contribution in [-0.4, -0.2) is 62.6 Å². The van der Waals surface area contributed by atoms with Crippen molar-refractivity contribution >= 4 is 46.1 Å². The molecular weight excluding hydrogens is 388 g/mol. The molecule has 150 valence electrons. The van der Waals surface area contributed by atoms with Gasteiger partial charge in [0.1, 0.15) is 11.2 Å². The lowest BCUT2D eigenvalue weighted by atomic mass is 10.4. The van der Waals surface area contributed by atoms with Crippen LogP contribution >= 0.6 is 23.4 Å². The smallest absolute Gasteiger partial charge is 0.237 e. The summed E-state index contributed by atoms with van der Waals surface area (Å²) in [5.74, 6) is 0.546. The summed E-state index contributed by atoms with van der Waals surface area (Å²) in [6, 6.07) is 0. The van der Waals surface area contributed by atoms with E-state index in [4.69, 9.17) is 16.3 Å². The van der Waals surface area contributed by atoms with Crippen molar-refractivity contribution in [2.75, 3.05) is 31.6 Å². The average molecular weight is 415 g/mol. The van der Waals surface area contributed by atoms with E-state index in [1.807, 2.05) is 6.92 Å². The van der Waals surface area contributed by atoms with Crippen molar-refractivity contribution in [2.24, 2.45) is 0 Å². The van der Waals surface area contributed by atoms with Crippen LogP contribution in [0.1, 0.15) is 27.7 Å². The van der Waals surface area contributed by atoms with E-state index in [9.17, 15) is 4.79 Å². The summed E-state index contributed by atoms with van der Waals surface area (Å²) >= 11 is 7.36. The predicted octanol–water partition coefficient (Wildman–Crippen LogP) is 2.52. The first-order valence-corrected chi connectivity index (χ1v) is 10.4. The molecule has 2 rings (SSSR count). The zero-order chi connectivity index (χ0) is 19.8. The molecule has 0 aliphatic rings. The van der Waals surface area contributed by atoms with Crippen molar-refractivity contribution in [1.29, 1.82) is 0 Å². The Bertz CT molecular complexity index is 752. The van der Waals surface area contributed by atoms with Gasteiger partial charge >= 0.3 is 0 Å². The second kappa shape index (κ2) is 10.7. The minimum Gasteiger partial charge on any atom is -0.380 e. The van der Waals surface area contributed by atoms with Crippen LogP contribution in [-0.2, 0) is 16.1 Å². The molecule has 0 spiro atoms. The first kappa shape index (κ1) is 21.7. The molecule has 0 radical (unpaired) electrons. The van der Waals surface area contributed by atoms with Gasteiger partial charge in [-0.3, -0.25) is 4.79 Å². The molecule has 2 N–H and O–H groups in total. The maximum atomic E-state index is 11.6. The number of nitrogens with zero attached hydrogens (tertiary/aromatic N) is 4. The lowest BCUT2D eigenvalue weighted by Crippen LogP contribution is -2.32. The van der Waals surface area contributed by atoms with Gasteiger partial charge in [-0.15, -0.1) is 11.6 Å². The Morgan fingerprint density at radius 3 is 2.78 bits per heavy atom. The molecular formula is C17H27ClN6O2S. The van der Waals surface area contributed by atoms with E-state index in [0.717, 1.165) is 16.9 Å². The van der Waals surface area contributed by atoms with Crippen LogP contribution in [0.4, 0.5) is 5.82 Å². The molecule has 1 atom stereocenters. The number of thioether (sulfide) groups is 1. The Balaban J connectivity index is 2.19. The molecule has 27 heavy (non-hydrogen) atoms. The molecule has 0 aliphatic carbocycles. The fourth-order valence-electron chi connectivity index (χ4n) is 2.31. The second-order valence-corrected chi connectivity index (χ2v) is 8.36. The van der Waals surface area contributed by atoms with Gasteiger partial charge in [-0.25, -0.2) is 14.6 Å². The molecule has 1 unspecified atom stereocenters. The van der Waals surface area contributed by atoms with Crippen LogP contribution in [0.3, 0.4) is 0 Å². The number of amides is 1. The van der Waals surface area contributed by atoms with Crippen molar-refractivity contribution in [1.82, 2.24) is 25.1 Å². The van der Waals surface area contributed by atoms with E-state index in [2.05, 4.69) is 39.5 Å². The van der Waals surface area contributed by atoms with Gasteiger partial charge in [0.05, 0.1) is 24.7 Å². The number of ether oxygens (including phenoxy) is 1. The molecule has 2 aromatic rings. The van der Waals surface area contributed by atoms with E-state index in [-0.39, 0.29) is 5.91 Å². The normalized spacial score (nSPS) is 12.5. The average Bonchev–Trinajstić information content (AvgIpc) is 3.01. The standard InChI is InChI=1S/C17H27ClN6O2S/c1-5-26-9-7-19-14-13-10-21-24(8-6-20-16(25)12(4)18)15(13)23-17(22-14)27-11(2)3/h10-12H,5-9H2,1-4H3,(H,20,25)(H,19,22,23). The summed E-state index contributed by atoms with van der Waals surface area (Å²) in [6.45, 7) is 10.7. The molecule has 0 saturated heterocycles. The zero-order valence-corrected chi connectivity index (χ0v) is 17.7. The number of hydrogen-bond acceptors (Lipinski definition) is 7. The van der Waals surface area contributed by atoms with Crippen molar-refractivity contribution in [3.63, 3.8) is 0 Å². The monoisotopic (exact) mass is 414 g/mol. The van der Waals surface area contributed by atoms with Crippen LogP contribution in [0, 0.1) is 0 Å². The molecule has 2 aromatic heterocycles. The van der Waals surface area contributed by atoms with Gasteiger partial charge in [-0.05, 0) is 13.8 Å². The Labute approximate surface area is 168 Å².